The summed E-state index contributed by atoms with van der Waals surface area (Å²) >= 11 is 0. The van der Waals surface area contributed by atoms with E-state index in [9.17, 15) is 4.39 Å². The second-order valence-electron chi connectivity index (χ2n) is 2.94. The minimum atomic E-state index is -0.165. The highest BCUT2D eigenvalue weighted by atomic mass is 19.1. The Balaban J connectivity index is 2.94. The van der Waals surface area contributed by atoms with Gasteiger partial charge in [0.15, 0.2) is 0 Å². The standard InChI is InChI=1S/C9H9FN2/c1-5-6(2)9-7(3-8(5)10)4-11-12-9/h3-4H,1-2H3,(H,11,12). The summed E-state index contributed by atoms with van der Waals surface area (Å²) in [6.07, 6.45) is 1.63. The third-order valence-electron chi connectivity index (χ3n) is 2.25. The summed E-state index contributed by atoms with van der Waals surface area (Å²) < 4.78 is 13.1. The molecule has 0 atom stereocenters. The average molecular weight is 164 g/mol. The SMILES string of the molecule is Cc1c(F)cc2cn[nH]c2c1C. The molecule has 0 aliphatic rings. The van der Waals surface area contributed by atoms with Crippen LogP contribution in [0, 0.1) is 19.7 Å². The first-order valence-electron chi connectivity index (χ1n) is 3.79. The first-order chi connectivity index (χ1) is 5.70. The fourth-order valence-electron chi connectivity index (χ4n) is 1.32. The van der Waals surface area contributed by atoms with E-state index >= 15 is 0 Å². The monoisotopic (exact) mass is 164 g/mol. The summed E-state index contributed by atoms with van der Waals surface area (Å²) in [6, 6.07) is 1.50. The van der Waals surface area contributed by atoms with Crippen LogP contribution in [0.1, 0.15) is 11.1 Å². The van der Waals surface area contributed by atoms with E-state index in [1.807, 2.05) is 6.92 Å². The van der Waals surface area contributed by atoms with Gasteiger partial charge in [-0.2, -0.15) is 5.10 Å². The minimum Gasteiger partial charge on any atom is -0.278 e. The number of hydrogen-bond acceptors (Lipinski definition) is 1. The lowest BCUT2D eigenvalue weighted by Gasteiger charge is -2.01. The van der Waals surface area contributed by atoms with Crippen molar-refractivity contribution in [2.45, 2.75) is 13.8 Å². The molecule has 1 aromatic carbocycles. The van der Waals surface area contributed by atoms with Gasteiger partial charge in [-0.05, 0) is 31.0 Å². The lowest BCUT2D eigenvalue weighted by atomic mass is 10.1. The van der Waals surface area contributed by atoms with Crippen molar-refractivity contribution in [3.63, 3.8) is 0 Å². The molecule has 2 aromatic rings. The number of benzene rings is 1. The van der Waals surface area contributed by atoms with Gasteiger partial charge in [-0.3, -0.25) is 5.10 Å². The molecular weight excluding hydrogens is 155 g/mol. The minimum absolute atomic E-state index is 0.165. The zero-order valence-corrected chi connectivity index (χ0v) is 6.98. The maximum atomic E-state index is 13.1. The number of halogens is 1. The molecule has 1 aromatic heterocycles. The van der Waals surface area contributed by atoms with E-state index < -0.39 is 0 Å². The van der Waals surface area contributed by atoms with Crippen molar-refractivity contribution in [1.82, 2.24) is 10.2 Å². The van der Waals surface area contributed by atoms with Crippen LogP contribution in [0.15, 0.2) is 12.3 Å². The van der Waals surface area contributed by atoms with Crippen LogP contribution >= 0.6 is 0 Å². The predicted molar refractivity (Wildman–Crippen MR) is 45.5 cm³/mol. The summed E-state index contributed by atoms with van der Waals surface area (Å²) in [5.74, 6) is -0.165. The summed E-state index contributed by atoms with van der Waals surface area (Å²) in [7, 11) is 0. The third-order valence-corrected chi connectivity index (χ3v) is 2.25. The second kappa shape index (κ2) is 2.30. The molecule has 2 nitrogen and oxygen atoms in total. The number of aromatic nitrogens is 2. The number of nitrogens with zero attached hydrogens (tertiary/aromatic N) is 1. The fraction of sp³-hybridized carbons (Fsp3) is 0.222. The van der Waals surface area contributed by atoms with Crippen molar-refractivity contribution in [1.29, 1.82) is 0 Å². The van der Waals surface area contributed by atoms with Crippen molar-refractivity contribution in [2.24, 2.45) is 0 Å². The molecule has 1 N–H and O–H groups in total. The molecule has 1 heterocycles. The van der Waals surface area contributed by atoms with Crippen molar-refractivity contribution >= 4 is 10.9 Å². The maximum Gasteiger partial charge on any atom is 0.127 e. The Labute approximate surface area is 69.4 Å². The first kappa shape index (κ1) is 7.28. The number of nitrogens with one attached hydrogen (secondary N) is 1. The van der Waals surface area contributed by atoms with Crippen LogP contribution in [-0.4, -0.2) is 10.2 Å². The van der Waals surface area contributed by atoms with Gasteiger partial charge >= 0.3 is 0 Å². The Morgan fingerprint density at radius 2 is 2.08 bits per heavy atom. The zero-order valence-electron chi connectivity index (χ0n) is 6.98. The lowest BCUT2D eigenvalue weighted by Crippen LogP contribution is -1.88. The number of H-pyrrole nitrogens is 1. The van der Waals surface area contributed by atoms with Crippen LogP contribution in [0.5, 0.6) is 0 Å². The molecule has 0 bridgehead atoms. The summed E-state index contributed by atoms with van der Waals surface area (Å²) in [4.78, 5) is 0. The Hall–Kier alpha value is -1.38. The largest absolute Gasteiger partial charge is 0.278 e. The molecule has 3 heteroatoms. The first-order valence-corrected chi connectivity index (χ1v) is 3.79. The highest BCUT2D eigenvalue weighted by molar-refractivity contribution is 5.82. The van der Waals surface area contributed by atoms with E-state index in [2.05, 4.69) is 10.2 Å². The van der Waals surface area contributed by atoms with E-state index in [0.29, 0.717) is 5.56 Å². The van der Waals surface area contributed by atoms with Gasteiger partial charge in [0.2, 0.25) is 0 Å². The molecule has 0 saturated carbocycles. The normalized spacial score (nSPS) is 10.9. The molecule has 62 valence electrons. The van der Waals surface area contributed by atoms with E-state index in [-0.39, 0.29) is 5.82 Å². The van der Waals surface area contributed by atoms with Crippen LogP contribution < -0.4 is 0 Å². The van der Waals surface area contributed by atoms with E-state index in [1.165, 1.54) is 6.07 Å². The van der Waals surface area contributed by atoms with Gasteiger partial charge in [0.05, 0.1) is 11.7 Å². The van der Waals surface area contributed by atoms with E-state index in [1.54, 1.807) is 13.1 Å². The molecule has 0 unspecified atom stereocenters. The van der Waals surface area contributed by atoms with Gasteiger partial charge in [-0.15, -0.1) is 0 Å². The predicted octanol–water partition coefficient (Wildman–Crippen LogP) is 2.32. The maximum absolute atomic E-state index is 13.1. The summed E-state index contributed by atoms with van der Waals surface area (Å²) in [5.41, 5.74) is 2.54. The average Bonchev–Trinajstić information content (AvgIpc) is 2.48. The highest BCUT2D eigenvalue weighted by Crippen LogP contribution is 2.21. The van der Waals surface area contributed by atoms with E-state index in [0.717, 1.165) is 16.5 Å². The molecule has 12 heavy (non-hydrogen) atoms. The fourth-order valence-corrected chi connectivity index (χ4v) is 1.32. The third kappa shape index (κ3) is 0.826. The zero-order chi connectivity index (χ0) is 8.72. The van der Waals surface area contributed by atoms with Crippen molar-refractivity contribution in [3.8, 4) is 0 Å². The van der Waals surface area contributed by atoms with Gasteiger partial charge in [-0.1, -0.05) is 0 Å². The number of aromatic amines is 1. The van der Waals surface area contributed by atoms with Crippen LogP contribution in [0.4, 0.5) is 4.39 Å². The number of aryl methyl sites for hydroxylation is 1. The van der Waals surface area contributed by atoms with Crippen LogP contribution in [0.25, 0.3) is 10.9 Å². The molecule has 0 fully saturated rings. The van der Waals surface area contributed by atoms with Gasteiger partial charge in [0.25, 0.3) is 0 Å². The smallest absolute Gasteiger partial charge is 0.127 e. The molecule has 2 rings (SSSR count). The molecule has 0 radical (unpaired) electrons. The van der Waals surface area contributed by atoms with Crippen molar-refractivity contribution in [2.75, 3.05) is 0 Å². The number of fused-ring (bicyclic) bond motifs is 1. The van der Waals surface area contributed by atoms with Crippen LogP contribution in [0.3, 0.4) is 0 Å². The van der Waals surface area contributed by atoms with Gasteiger partial charge < -0.3 is 0 Å². The molecule has 0 spiro atoms. The van der Waals surface area contributed by atoms with E-state index in [4.69, 9.17) is 0 Å². The number of hydrogen-bond donors (Lipinski definition) is 1. The quantitative estimate of drug-likeness (QED) is 0.636. The van der Waals surface area contributed by atoms with Gasteiger partial charge in [-0.25, -0.2) is 4.39 Å². The molecule has 0 amide bonds. The lowest BCUT2D eigenvalue weighted by molar-refractivity contribution is 0.619. The summed E-state index contributed by atoms with van der Waals surface area (Å²) in [5, 5.41) is 7.52. The van der Waals surface area contributed by atoms with Gasteiger partial charge in [0, 0.05) is 5.39 Å². The Morgan fingerprint density at radius 1 is 1.33 bits per heavy atom. The van der Waals surface area contributed by atoms with Crippen molar-refractivity contribution < 1.29 is 4.39 Å². The highest BCUT2D eigenvalue weighted by Gasteiger charge is 2.06. The van der Waals surface area contributed by atoms with Crippen LogP contribution in [-0.2, 0) is 0 Å². The number of rotatable bonds is 0. The van der Waals surface area contributed by atoms with Crippen molar-refractivity contribution in [3.05, 3.63) is 29.2 Å². The molecule has 0 aliphatic heterocycles. The van der Waals surface area contributed by atoms with Gasteiger partial charge in [0.1, 0.15) is 5.82 Å². The Bertz CT molecular complexity index is 431. The second-order valence-corrected chi connectivity index (χ2v) is 2.94. The topological polar surface area (TPSA) is 28.7 Å². The molecular formula is C9H9FN2. The molecule has 0 aliphatic carbocycles. The Morgan fingerprint density at radius 3 is 2.83 bits per heavy atom. The Kier molecular flexibility index (Phi) is 1.40. The summed E-state index contributed by atoms with van der Waals surface area (Å²) in [6.45, 7) is 3.66. The van der Waals surface area contributed by atoms with Crippen LogP contribution in [0.2, 0.25) is 0 Å². The molecule has 0 saturated heterocycles.